The normalized spacial score (nSPS) is 10.8. The molecule has 0 saturated carbocycles. The minimum atomic E-state index is -0.196. The van der Waals surface area contributed by atoms with Crippen molar-refractivity contribution < 1.29 is 4.79 Å². The maximum atomic E-state index is 12.6. The number of benzene rings is 2. The van der Waals surface area contributed by atoms with Gasteiger partial charge in [0.1, 0.15) is 16.1 Å². The number of fused-ring (bicyclic) bond motifs is 1. The van der Waals surface area contributed by atoms with Gasteiger partial charge in [-0.3, -0.25) is 4.79 Å². The molecule has 154 valence electrons. The summed E-state index contributed by atoms with van der Waals surface area (Å²) in [5, 5.41) is 14.9. The summed E-state index contributed by atoms with van der Waals surface area (Å²) in [4.78, 5) is 23.0. The molecule has 0 saturated heterocycles. The lowest BCUT2D eigenvalue weighted by atomic mass is 10.2. The number of amides is 1. The average Bonchev–Trinajstić information content (AvgIpc) is 3.04. The lowest BCUT2D eigenvalue weighted by Crippen LogP contribution is -2.14. The number of rotatable bonds is 5. The van der Waals surface area contributed by atoms with Crippen LogP contribution in [0.2, 0.25) is 5.02 Å². The minimum Gasteiger partial charge on any atom is -0.316 e. The molecule has 4 aromatic rings. The summed E-state index contributed by atoms with van der Waals surface area (Å²) in [7, 11) is 0. The number of anilines is 1. The van der Waals surface area contributed by atoms with E-state index >= 15 is 0 Å². The molecule has 0 atom stereocenters. The first-order valence-electron chi connectivity index (χ1n) is 9.41. The van der Waals surface area contributed by atoms with Crippen molar-refractivity contribution in [3.8, 4) is 17.5 Å². The van der Waals surface area contributed by atoms with E-state index in [0.717, 1.165) is 26.9 Å². The van der Waals surface area contributed by atoms with Gasteiger partial charge in [-0.2, -0.15) is 5.26 Å². The van der Waals surface area contributed by atoms with E-state index in [1.165, 1.54) is 23.1 Å². The molecule has 2 aromatic heterocycles. The van der Waals surface area contributed by atoms with Crippen molar-refractivity contribution >= 4 is 56.5 Å². The largest absolute Gasteiger partial charge is 0.316 e. The summed E-state index contributed by atoms with van der Waals surface area (Å²) in [5.74, 6) is 0.542. The zero-order chi connectivity index (χ0) is 22.0. The second kappa shape index (κ2) is 9.06. The number of aryl methyl sites for hydroxylation is 1. The highest BCUT2D eigenvalue weighted by Gasteiger charge is 2.16. The fraction of sp³-hybridized carbons (Fsp3) is 0.130. The van der Waals surface area contributed by atoms with Crippen molar-refractivity contribution in [3.05, 3.63) is 69.6 Å². The number of thioether (sulfide) groups is 1. The molecule has 2 aromatic carbocycles. The highest BCUT2D eigenvalue weighted by molar-refractivity contribution is 8.00. The van der Waals surface area contributed by atoms with Crippen LogP contribution in [-0.4, -0.2) is 21.6 Å². The summed E-state index contributed by atoms with van der Waals surface area (Å²) in [6, 6.07) is 17.3. The van der Waals surface area contributed by atoms with E-state index in [9.17, 15) is 10.1 Å². The maximum absolute atomic E-state index is 12.6. The number of nitriles is 1. The Kier molecular flexibility index (Phi) is 6.23. The zero-order valence-electron chi connectivity index (χ0n) is 16.8. The van der Waals surface area contributed by atoms with E-state index in [1.807, 2.05) is 56.3 Å². The molecule has 8 heteroatoms. The van der Waals surface area contributed by atoms with E-state index in [2.05, 4.69) is 16.4 Å². The van der Waals surface area contributed by atoms with Gasteiger partial charge in [-0.05, 0) is 37.6 Å². The highest BCUT2D eigenvalue weighted by Crippen LogP contribution is 2.33. The molecule has 0 fully saturated rings. The summed E-state index contributed by atoms with van der Waals surface area (Å²) in [6.45, 7) is 3.82. The molecule has 1 N–H and O–H groups in total. The van der Waals surface area contributed by atoms with E-state index < -0.39 is 0 Å². The minimum absolute atomic E-state index is 0.147. The topological polar surface area (TPSA) is 78.7 Å². The van der Waals surface area contributed by atoms with Crippen molar-refractivity contribution in [3.63, 3.8) is 0 Å². The quantitative estimate of drug-likeness (QED) is 0.279. The maximum Gasteiger partial charge on any atom is 0.235 e. The van der Waals surface area contributed by atoms with Crippen LogP contribution in [-0.2, 0) is 4.79 Å². The van der Waals surface area contributed by atoms with Crippen LogP contribution in [0, 0.1) is 25.2 Å². The lowest BCUT2D eigenvalue weighted by molar-refractivity contribution is -0.113. The van der Waals surface area contributed by atoms with Gasteiger partial charge < -0.3 is 5.32 Å². The third kappa shape index (κ3) is 4.57. The van der Waals surface area contributed by atoms with Crippen molar-refractivity contribution in [2.75, 3.05) is 11.1 Å². The Balaban J connectivity index is 1.62. The first-order valence-corrected chi connectivity index (χ1v) is 11.6. The van der Waals surface area contributed by atoms with Gasteiger partial charge in [0.05, 0.1) is 16.8 Å². The van der Waals surface area contributed by atoms with E-state index in [4.69, 9.17) is 16.6 Å². The van der Waals surface area contributed by atoms with Crippen LogP contribution in [0.4, 0.5) is 5.00 Å². The summed E-state index contributed by atoms with van der Waals surface area (Å²) >= 11 is 8.93. The number of aromatic nitrogens is 2. The van der Waals surface area contributed by atoms with E-state index in [0.29, 0.717) is 26.4 Å². The monoisotopic (exact) mass is 464 g/mol. The van der Waals surface area contributed by atoms with Crippen LogP contribution in [0.25, 0.3) is 22.3 Å². The Morgan fingerprint density at radius 3 is 2.71 bits per heavy atom. The average molecular weight is 465 g/mol. The molecule has 0 aliphatic heterocycles. The van der Waals surface area contributed by atoms with E-state index in [1.54, 1.807) is 6.07 Å². The van der Waals surface area contributed by atoms with Gasteiger partial charge in [0.15, 0.2) is 5.82 Å². The van der Waals surface area contributed by atoms with Crippen LogP contribution < -0.4 is 5.32 Å². The molecular formula is C23H17ClN4OS2. The number of carbonyl (C=O) groups excluding carboxylic acids is 1. The SMILES string of the molecule is Cc1sc(NC(=O)CSc2nc(-c3ccccc3)nc3ccc(Cl)cc23)c(C#N)c1C. The molecule has 0 unspecified atom stereocenters. The molecule has 0 aliphatic carbocycles. The van der Waals surface area contributed by atoms with Gasteiger partial charge in [0.25, 0.3) is 0 Å². The van der Waals surface area contributed by atoms with Gasteiger partial charge >= 0.3 is 0 Å². The number of nitrogens with one attached hydrogen (secondary N) is 1. The second-order valence-corrected chi connectivity index (χ2v) is 9.44. The number of thiophene rings is 1. The molecular weight excluding hydrogens is 448 g/mol. The third-order valence-electron chi connectivity index (χ3n) is 4.74. The van der Waals surface area contributed by atoms with Crippen LogP contribution in [0.5, 0.6) is 0 Å². The van der Waals surface area contributed by atoms with Crippen LogP contribution in [0.3, 0.4) is 0 Å². The smallest absolute Gasteiger partial charge is 0.235 e. The molecule has 0 spiro atoms. The Labute approximate surface area is 193 Å². The van der Waals surface area contributed by atoms with Crippen molar-refractivity contribution in [1.82, 2.24) is 9.97 Å². The molecule has 0 bridgehead atoms. The van der Waals surface area contributed by atoms with Crippen molar-refractivity contribution in [2.45, 2.75) is 18.9 Å². The number of halogens is 1. The van der Waals surface area contributed by atoms with Crippen LogP contribution >= 0.6 is 34.7 Å². The number of hydrogen-bond acceptors (Lipinski definition) is 6. The van der Waals surface area contributed by atoms with Crippen LogP contribution in [0.15, 0.2) is 53.6 Å². The second-order valence-electron chi connectivity index (χ2n) is 6.82. The van der Waals surface area contributed by atoms with Crippen molar-refractivity contribution in [1.29, 1.82) is 5.26 Å². The first-order chi connectivity index (χ1) is 15.0. The predicted octanol–water partition coefficient (Wildman–Crippen LogP) is 6.23. The lowest BCUT2D eigenvalue weighted by Gasteiger charge is -2.09. The summed E-state index contributed by atoms with van der Waals surface area (Å²) in [6.07, 6.45) is 0. The van der Waals surface area contributed by atoms with Gasteiger partial charge in [-0.15, -0.1) is 11.3 Å². The molecule has 2 heterocycles. The van der Waals surface area contributed by atoms with Crippen molar-refractivity contribution in [2.24, 2.45) is 0 Å². The molecule has 31 heavy (non-hydrogen) atoms. The number of nitrogens with zero attached hydrogens (tertiary/aromatic N) is 3. The Bertz CT molecular complexity index is 1330. The summed E-state index contributed by atoms with van der Waals surface area (Å²) in [5.41, 5.74) is 3.08. The first kappa shape index (κ1) is 21.3. The number of carbonyl (C=O) groups is 1. The standard InChI is InChI=1S/C23H17ClN4OS2/c1-13-14(2)31-23(18(13)11-25)27-20(29)12-30-22-17-10-16(24)8-9-19(17)26-21(28-22)15-6-4-3-5-7-15/h3-10H,12H2,1-2H3,(H,27,29). The Morgan fingerprint density at radius 2 is 1.97 bits per heavy atom. The molecule has 1 amide bonds. The van der Waals surface area contributed by atoms with Gasteiger partial charge in [-0.1, -0.05) is 53.7 Å². The molecule has 4 rings (SSSR count). The van der Waals surface area contributed by atoms with Crippen LogP contribution in [0.1, 0.15) is 16.0 Å². The molecule has 0 aliphatic rings. The highest BCUT2D eigenvalue weighted by atomic mass is 35.5. The zero-order valence-corrected chi connectivity index (χ0v) is 19.2. The molecule has 0 radical (unpaired) electrons. The van der Waals surface area contributed by atoms with Gasteiger partial charge in [-0.25, -0.2) is 9.97 Å². The third-order valence-corrected chi connectivity index (χ3v) is 7.09. The van der Waals surface area contributed by atoms with E-state index in [-0.39, 0.29) is 11.7 Å². The van der Waals surface area contributed by atoms with Gasteiger partial charge in [0, 0.05) is 20.8 Å². The fourth-order valence-corrected chi connectivity index (χ4v) is 5.05. The fourth-order valence-electron chi connectivity index (χ4n) is 3.05. The van der Waals surface area contributed by atoms with Gasteiger partial charge in [0.2, 0.25) is 5.91 Å². The Morgan fingerprint density at radius 1 is 1.19 bits per heavy atom. The number of hydrogen-bond donors (Lipinski definition) is 1. The summed E-state index contributed by atoms with van der Waals surface area (Å²) < 4.78 is 0. The Hall–Kier alpha value is -2.92. The molecule has 5 nitrogen and oxygen atoms in total. The predicted molar refractivity (Wildman–Crippen MR) is 128 cm³/mol.